The summed E-state index contributed by atoms with van der Waals surface area (Å²) in [5, 5.41) is 13.9. The molecule has 0 saturated heterocycles. The zero-order valence-electron chi connectivity index (χ0n) is 11.1. The number of para-hydroxylation sites is 1. The number of fused-ring (bicyclic) bond motifs is 1. The van der Waals surface area contributed by atoms with Crippen molar-refractivity contribution >= 4 is 11.0 Å². The van der Waals surface area contributed by atoms with Gasteiger partial charge in [-0.25, -0.2) is 0 Å². The number of hydrogen-bond donors (Lipinski definition) is 2. The first kappa shape index (κ1) is 12.9. The standard InChI is InChI=1S/C17H17NO2/c19-12-16(13-6-2-1-3-7-13)18-11-15-10-14-8-4-5-9-17(14)20-15/h1-10,16,18-19H,11-12H2/t16-/m1/s1. The second kappa shape index (κ2) is 5.90. The number of furan rings is 1. The minimum absolute atomic E-state index is 0.0598. The molecule has 0 fully saturated rings. The van der Waals surface area contributed by atoms with Crippen LogP contribution >= 0.6 is 0 Å². The molecule has 2 aromatic carbocycles. The van der Waals surface area contributed by atoms with E-state index in [4.69, 9.17) is 4.42 Å². The van der Waals surface area contributed by atoms with Gasteiger partial charge in [0.1, 0.15) is 11.3 Å². The number of nitrogens with one attached hydrogen (secondary N) is 1. The average Bonchev–Trinajstić information content (AvgIpc) is 2.92. The summed E-state index contributed by atoms with van der Waals surface area (Å²) in [5.41, 5.74) is 1.97. The van der Waals surface area contributed by atoms with Crippen molar-refractivity contribution in [3.8, 4) is 0 Å². The molecule has 3 heteroatoms. The highest BCUT2D eigenvalue weighted by Gasteiger charge is 2.10. The van der Waals surface area contributed by atoms with Crippen molar-refractivity contribution in [1.82, 2.24) is 5.32 Å². The fourth-order valence-corrected chi connectivity index (χ4v) is 2.32. The van der Waals surface area contributed by atoms with Gasteiger partial charge in [-0.05, 0) is 17.7 Å². The number of aliphatic hydroxyl groups excluding tert-OH is 1. The third-order valence-corrected chi connectivity index (χ3v) is 3.38. The number of hydrogen-bond acceptors (Lipinski definition) is 3. The average molecular weight is 267 g/mol. The maximum absolute atomic E-state index is 9.50. The summed E-state index contributed by atoms with van der Waals surface area (Å²) in [6.45, 7) is 0.652. The van der Waals surface area contributed by atoms with Crippen LogP contribution in [0.4, 0.5) is 0 Å². The lowest BCUT2D eigenvalue weighted by Gasteiger charge is -2.15. The summed E-state index contributed by atoms with van der Waals surface area (Å²) in [5.74, 6) is 0.876. The Bertz CT molecular complexity index is 643. The monoisotopic (exact) mass is 267 g/mol. The van der Waals surface area contributed by atoms with Gasteiger partial charge in [0, 0.05) is 5.39 Å². The molecule has 0 aliphatic rings. The molecular formula is C17H17NO2. The van der Waals surface area contributed by atoms with Crippen molar-refractivity contribution in [2.24, 2.45) is 0 Å². The molecule has 1 atom stereocenters. The van der Waals surface area contributed by atoms with E-state index >= 15 is 0 Å². The SMILES string of the molecule is OC[C@@H](NCc1cc2ccccc2o1)c1ccccc1. The van der Waals surface area contributed by atoms with Crippen LogP contribution in [0.1, 0.15) is 17.4 Å². The number of benzene rings is 2. The quantitative estimate of drug-likeness (QED) is 0.746. The van der Waals surface area contributed by atoms with Gasteiger partial charge in [0.05, 0.1) is 19.2 Å². The molecule has 3 rings (SSSR count). The Balaban J connectivity index is 1.71. The summed E-state index contributed by atoms with van der Waals surface area (Å²) in [6, 6.07) is 19.8. The Hall–Kier alpha value is -2.10. The molecule has 0 bridgehead atoms. The largest absolute Gasteiger partial charge is 0.460 e. The van der Waals surface area contributed by atoms with Gasteiger partial charge >= 0.3 is 0 Å². The van der Waals surface area contributed by atoms with E-state index in [1.165, 1.54) is 0 Å². The molecule has 102 valence electrons. The molecule has 0 aliphatic heterocycles. The molecule has 0 amide bonds. The zero-order valence-corrected chi connectivity index (χ0v) is 11.1. The normalized spacial score (nSPS) is 12.7. The minimum Gasteiger partial charge on any atom is -0.460 e. The van der Waals surface area contributed by atoms with Gasteiger partial charge in [0.2, 0.25) is 0 Å². The number of aliphatic hydroxyl groups is 1. The van der Waals surface area contributed by atoms with E-state index < -0.39 is 0 Å². The first-order valence-electron chi connectivity index (χ1n) is 6.73. The van der Waals surface area contributed by atoms with Crippen molar-refractivity contribution in [1.29, 1.82) is 0 Å². The molecule has 20 heavy (non-hydrogen) atoms. The molecule has 0 aliphatic carbocycles. The van der Waals surface area contributed by atoms with Crippen LogP contribution in [0.5, 0.6) is 0 Å². The van der Waals surface area contributed by atoms with E-state index in [1.807, 2.05) is 60.7 Å². The second-order valence-corrected chi connectivity index (χ2v) is 4.78. The lowest BCUT2D eigenvalue weighted by Crippen LogP contribution is -2.23. The Morgan fingerprint density at radius 3 is 2.50 bits per heavy atom. The number of rotatable bonds is 5. The van der Waals surface area contributed by atoms with Gasteiger partial charge in [-0.1, -0.05) is 48.5 Å². The molecular weight excluding hydrogens is 250 g/mol. The molecule has 1 heterocycles. The first-order chi connectivity index (χ1) is 9.86. The first-order valence-corrected chi connectivity index (χ1v) is 6.73. The van der Waals surface area contributed by atoms with Gasteiger partial charge in [-0.2, -0.15) is 0 Å². The second-order valence-electron chi connectivity index (χ2n) is 4.78. The smallest absolute Gasteiger partial charge is 0.134 e. The van der Waals surface area contributed by atoms with E-state index in [0.717, 1.165) is 22.3 Å². The molecule has 3 nitrogen and oxygen atoms in total. The van der Waals surface area contributed by atoms with Crippen LogP contribution in [0.2, 0.25) is 0 Å². The van der Waals surface area contributed by atoms with Crippen LogP contribution in [-0.4, -0.2) is 11.7 Å². The van der Waals surface area contributed by atoms with E-state index in [0.29, 0.717) is 6.54 Å². The molecule has 0 radical (unpaired) electrons. The third kappa shape index (κ3) is 2.74. The zero-order chi connectivity index (χ0) is 13.8. The Labute approximate surface area is 117 Å². The third-order valence-electron chi connectivity index (χ3n) is 3.38. The summed E-state index contributed by atoms with van der Waals surface area (Å²) < 4.78 is 5.75. The van der Waals surface area contributed by atoms with Gasteiger partial charge in [0.25, 0.3) is 0 Å². The molecule has 0 spiro atoms. The van der Waals surface area contributed by atoms with E-state index in [9.17, 15) is 5.11 Å². The predicted molar refractivity (Wildman–Crippen MR) is 79.3 cm³/mol. The topological polar surface area (TPSA) is 45.4 Å². The fraction of sp³-hybridized carbons (Fsp3) is 0.176. The van der Waals surface area contributed by atoms with Crippen molar-refractivity contribution in [2.75, 3.05) is 6.61 Å². The van der Waals surface area contributed by atoms with Crippen LogP contribution in [0.25, 0.3) is 11.0 Å². The summed E-state index contributed by atoms with van der Waals surface area (Å²) in [4.78, 5) is 0. The maximum Gasteiger partial charge on any atom is 0.134 e. The van der Waals surface area contributed by atoms with Crippen LogP contribution in [-0.2, 0) is 6.54 Å². The van der Waals surface area contributed by atoms with Gasteiger partial charge in [-0.15, -0.1) is 0 Å². The van der Waals surface area contributed by atoms with Crippen LogP contribution in [0, 0.1) is 0 Å². The van der Waals surface area contributed by atoms with E-state index in [2.05, 4.69) is 5.32 Å². The van der Waals surface area contributed by atoms with Crippen molar-refractivity contribution in [3.63, 3.8) is 0 Å². The van der Waals surface area contributed by atoms with Crippen LogP contribution in [0.15, 0.2) is 65.1 Å². The van der Waals surface area contributed by atoms with Gasteiger partial charge < -0.3 is 14.8 Å². The van der Waals surface area contributed by atoms with Crippen LogP contribution < -0.4 is 5.32 Å². The Kier molecular flexibility index (Phi) is 3.81. The van der Waals surface area contributed by atoms with Gasteiger partial charge in [-0.3, -0.25) is 0 Å². The summed E-state index contributed by atoms with van der Waals surface area (Å²) in [6.07, 6.45) is 0. The predicted octanol–water partition coefficient (Wildman–Crippen LogP) is 3.26. The molecule has 3 aromatic rings. The fourth-order valence-electron chi connectivity index (χ4n) is 2.32. The Morgan fingerprint density at radius 1 is 1.00 bits per heavy atom. The molecule has 0 saturated carbocycles. The molecule has 2 N–H and O–H groups in total. The van der Waals surface area contributed by atoms with Crippen molar-refractivity contribution in [2.45, 2.75) is 12.6 Å². The van der Waals surface area contributed by atoms with Crippen LogP contribution in [0.3, 0.4) is 0 Å². The molecule has 1 aromatic heterocycles. The van der Waals surface area contributed by atoms with Gasteiger partial charge in [0.15, 0.2) is 0 Å². The minimum atomic E-state index is -0.0792. The molecule has 0 unspecified atom stereocenters. The van der Waals surface area contributed by atoms with Crippen molar-refractivity contribution < 1.29 is 9.52 Å². The lowest BCUT2D eigenvalue weighted by molar-refractivity contribution is 0.241. The highest BCUT2D eigenvalue weighted by molar-refractivity contribution is 5.77. The highest BCUT2D eigenvalue weighted by atomic mass is 16.3. The van der Waals surface area contributed by atoms with E-state index in [-0.39, 0.29) is 12.6 Å². The summed E-state index contributed by atoms with van der Waals surface area (Å²) >= 11 is 0. The Morgan fingerprint density at radius 2 is 1.75 bits per heavy atom. The van der Waals surface area contributed by atoms with E-state index in [1.54, 1.807) is 0 Å². The highest BCUT2D eigenvalue weighted by Crippen LogP contribution is 2.19. The lowest BCUT2D eigenvalue weighted by atomic mass is 10.1. The maximum atomic E-state index is 9.50. The summed E-state index contributed by atoms with van der Waals surface area (Å²) in [7, 11) is 0. The van der Waals surface area contributed by atoms with Crippen molar-refractivity contribution in [3.05, 3.63) is 72.0 Å².